The molecule has 13 nitrogen and oxygen atoms in total. The molecule has 49 heavy (non-hydrogen) atoms. The number of fused-ring (bicyclic) bond motifs is 1. The van der Waals surface area contributed by atoms with E-state index in [1.54, 1.807) is 68.1 Å². The number of aromatic nitrogens is 1. The number of aliphatic hydroxyl groups is 1. The lowest BCUT2D eigenvalue weighted by molar-refractivity contribution is -0.00833. The first-order valence-corrected chi connectivity index (χ1v) is 18.0. The van der Waals surface area contributed by atoms with E-state index in [1.807, 2.05) is 20.8 Å². The van der Waals surface area contributed by atoms with E-state index in [0.717, 1.165) is 18.4 Å². The number of anilines is 2. The number of nitrogens with zero attached hydrogens (tertiary/aromatic N) is 3. The second-order valence-corrected chi connectivity index (χ2v) is 14.9. The molecule has 0 saturated heterocycles. The number of urea groups is 1. The Labute approximate surface area is 289 Å². The number of rotatable bonds is 8. The average molecular weight is 700 g/mol. The van der Waals surface area contributed by atoms with Crippen molar-refractivity contribution in [2.75, 3.05) is 44.0 Å². The van der Waals surface area contributed by atoms with E-state index >= 15 is 0 Å². The summed E-state index contributed by atoms with van der Waals surface area (Å²) in [5, 5.41) is 19.6. The van der Waals surface area contributed by atoms with Crippen LogP contribution < -0.4 is 15.4 Å². The minimum Gasteiger partial charge on any atom is -0.490 e. The van der Waals surface area contributed by atoms with Gasteiger partial charge in [-0.25, -0.2) is 13.2 Å². The second-order valence-electron chi connectivity index (χ2n) is 12.9. The zero-order chi connectivity index (χ0) is 35.9. The first-order chi connectivity index (χ1) is 23.2. The second kappa shape index (κ2) is 16.6. The molecule has 0 saturated carbocycles. The molecule has 4 atom stereocenters. The highest BCUT2D eigenvalue weighted by Gasteiger charge is 2.32. The number of hydrogen-bond acceptors (Lipinski definition) is 9. The first kappa shape index (κ1) is 37.8. The minimum absolute atomic E-state index is 0.0668. The van der Waals surface area contributed by atoms with Crippen molar-refractivity contribution >= 4 is 33.3 Å². The summed E-state index contributed by atoms with van der Waals surface area (Å²) in [5.74, 6) is 0.0629. The molecular formula is C35H49N5O8S. The van der Waals surface area contributed by atoms with Crippen LogP contribution in [0, 0.1) is 26.7 Å². The summed E-state index contributed by atoms with van der Waals surface area (Å²) in [6.07, 6.45) is 1.42. The van der Waals surface area contributed by atoms with Gasteiger partial charge >= 0.3 is 6.03 Å². The van der Waals surface area contributed by atoms with Gasteiger partial charge in [-0.3, -0.25) is 4.79 Å². The molecule has 3 amide bonds. The topological polar surface area (TPSA) is 164 Å². The molecule has 1 aliphatic heterocycles. The van der Waals surface area contributed by atoms with Crippen LogP contribution in [0.15, 0.2) is 51.9 Å². The average Bonchev–Trinajstić information content (AvgIpc) is 3.38. The van der Waals surface area contributed by atoms with Gasteiger partial charge in [0.2, 0.25) is 10.0 Å². The molecule has 14 heteroatoms. The minimum atomic E-state index is -3.80. The van der Waals surface area contributed by atoms with Crippen molar-refractivity contribution in [2.45, 2.75) is 84.0 Å². The van der Waals surface area contributed by atoms with Crippen LogP contribution in [0.4, 0.5) is 16.2 Å². The third kappa shape index (κ3) is 9.59. The third-order valence-corrected chi connectivity index (χ3v) is 10.6. The maximum Gasteiger partial charge on any atom is 0.323 e. The van der Waals surface area contributed by atoms with Crippen molar-refractivity contribution in [3.63, 3.8) is 0 Å². The number of hydrogen-bond donors (Lipinski definition) is 3. The largest absolute Gasteiger partial charge is 0.490 e. The van der Waals surface area contributed by atoms with Crippen LogP contribution in [0.1, 0.15) is 67.4 Å². The lowest BCUT2D eigenvalue weighted by atomic mass is 10.0. The molecule has 0 spiro atoms. The monoisotopic (exact) mass is 699 g/mol. The lowest BCUT2D eigenvalue weighted by Crippen LogP contribution is -2.48. The molecule has 0 fully saturated rings. The first-order valence-electron chi connectivity index (χ1n) is 16.6. The quantitative estimate of drug-likeness (QED) is 0.281. The summed E-state index contributed by atoms with van der Waals surface area (Å²) in [6, 6.07) is 10.4. The molecule has 2 heterocycles. The Morgan fingerprint density at radius 2 is 1.82 bits per heavy atom. The highest BCUT2D eigenvalue weighted by atomic mass is 32.2. The normalized spacial score (nSPS) is 20.2. The molecule has 1 aromatic heterocycles. The van der Waals surface area contributed by atoms with Crippen molar-refractivity contribution in [1.82, 2.24) is 14.4 Å². The van der Waals surface area contributed by atoms with Crippen molar-refractivity contribution < 1.29 is 37.1 Å². The number of carbonyl (C=O) groups excluding carboxylic acids is 2. The van der Waals surface area contributed by atoms with E-state index in [9.17, 15) is 23.1 Å². The number of aliphatic hydroxyl groups excluding tert-OH is 1. The molecule has 0 bridgehead atoms. The fraction of sp³-hybridized carbons (Fsp3) is 0.514. The number of aryl methyl sites for hydroxylation is 3. The van der Waals surface area contributed by atoms with Crippen molar-refractivity contribution in [1.29, 1.82) is 0 Å². The molecule has 3 aromatic rings. The SMILES string of the molecule is Cc1ccc(S(=O)(=O)N(C)C[C@H]2OCCCC[C@@H](C)Oc3ccc(NC(=O)Nc4c(C)noc4C)cc3C(=O)N([C@@H](C)CO)C[C@H]2C)cc1. The highest BCUT2D eigenvalue weighted by Crippen LogP contribution is 2.29. The Morgan fingerprint density at radius 1 is 1.10 bits per heavy atom. The van der Waals surface area contributed by atoms with Crippen LogP contribution in [0.3, 0.4) is 0 Å². The van der Waals surface area contributed by atoms with E-state index < -0.39 is 34.1 Å². The van der Waals surface area contributed by atoms with E-state index in [0.29, 0.717) is 41.6 Å². The standard InChI is InChI=1S/C35H49N5O8S/c1-22-11-14-29(15-12-22)49(44,45)39(7)20-32-23(2)19-40(24(3)21-41)34(42)30-18-28(36-35(43)37-33-26(5)38-48-27(33)6)13-16-31(30)47-25(4)10-8-9-17-46-32/h11-16,18,23-25,32,41H,8-10,17,19-21H2,1-7H3,(H2,36,37,43)/t23-,24+,25-,32-/m1/s1. The summed E-state index contributed by atoms with van der Waals surface area (Å²) in [5.41, 5.74) is 2.50. The van der Waals surface area contributed by atoms with Crippen LogP contribution in [-0.2, 0) is 14.8 Å². The predicted molar refractivity (Wildman–Crippen MR) is 186 cm³/mol. The molecule has 2 aromatic carbocycles. The van der Waals surface area contributed by atoms with E-state index in [-0.39, 0.29) is 42.2 Å². The fourth-order valence-electron chi connectivity index (χ4n) is 5.64. The summed E-state index contributed by atoms with van der Waals surface area (Å²) >= 11 is 0. The van der Waals surface area contributed by atoms with Gasteiger partial charge in [0.25, 0.3) is 5.91 Å². The number of benzene rings is 2. The number of sulfonamides is 1. The molecule has 0 unspecified atom stereocenters. The van der Waals surface area contributed by atoms with Gasteiger partial charge in [0.15, 0.2) is 5.76 Å². The Hall–Kier alpha value is -3.98. The van der Waals surface area contributed by atoms with Gasteiger partial charge in [-0.1, -0.05) is 29.8 Å². The number of likely N-dealkylation sites (N-methyl/N-ethyl adjacent to an activating group) is 1. The van der Waals surface area contributed by atoms with E-state index in [2.05, 4.69) is 15.8 Å². The molecular weight excluding hydrogens is 650 g/mol. The number of carbonyl (C=O) groups is 2. The van der Waals surface area contributed by atoms with Gasteiger partial charge in [-0.15, -0.1) is 0 Å². The van der Waals surface area contributed by atoms with Crippen molar-refractivity contribution in [2.24, 2.45) is 5.92 Å². The van der Waals surface area contributed by atoms with Gasteiger partial charge in [0.05, 0.1) is 35.3 Å². The van der Waals surface area contributed by atoms with E-state index in [4.69, 9.17) is 14.0 Å². The van der Waals surface area contributed by atoms with Gasteiger partial charge in [-0.2, -0.15) is 4.31 Å². The maximum absolute atomic E-state index is 14.4. The molecule has 0 radical (unpaired) electrons. The summed E-state index contributed by atoms with van der Waals surface area (Å²) in [6.45, 7) is 11.2. The van der Waals surface area contributed by atoms with E-state index in [1.165, 1.54) is 11.4 Å². The highest BCUT2D eigenvalue weighted by molar-refractivity contribution is 7.89. The Morgan fingerprint density at radius 3 is 2.47 bits per heavy atom. The zero-order valence-corrected chi connectivity index (χ0v) is 30.2. The molecule has 3 N–H and O–H groups in total. The van der Waals surface area contributed by atoms with Crippen molar-refractivity contribution in [3.8, 4) is 5.75 Å². The summed E-state index contributed by atoms with van der Waals surface area (Å²) in [7, 11) is -2.27. The molecule has 0 aliphatic carbocycles. The zero-order valence-electron chi connectivity index (χ0n) is 29.4. The molecule has 1 aliphatic rings. The lowest BCUT2D eigenvalue weighted by Gasteiger charge is -2.35. The van der Waals surface area contributed by atoms with Crippen LogP contribution >= 0.6 is 0 Å². The number of ether oxygens (including phenoxy) is 2. The third-order valence-electron chi connectivity index (χ3n) is 8.75. The van der Waals surface area contributed by atoms with Crippen LogP contribution in [0.25, 0.3) is 0 Å². The summed E-state index contributed by atoms with van der Waals surface area (Å²) in [4.78, 5) is 29.0. The van der Waals surface area contributed by atoms with Crippen molar-refractivity contribution in [3.05, 3.63) is 65.0 Å². The van der Waals surface area contributed by atoms with Crippen LogP contribution in [-0.4, -0.2) is 91.4 Å². The van der Waals surface area contributed by atoms with Gasteiger partial charge in [0.1, 0.15) is 17.1 Å². The van der Waals surface area contributed by atoms with Gasteiger partial charge < -0.3 is 34.6 Å². The maximum atomic E-state index is 14.4. The Kier molecular flexibility index (Phi) is 12.8. The molecule has 268 valence electrons. The van der Waals surface area contributed by atoms with Gasteiger partial charge in [0, 0.05) is 38.3 Å². The molecule has 4 rings (SSSR count). The van der Waals surface area contributed by atoms with Gasteiger partial charge in [-0.05, 0) is 84.2 Å². The smallest absolute Gasteiger partial charge is 0.323 e. The van der Waals surface area contributed by atoms with Crippen LogP contribution in [0.5, 0.6) is 5.75 Å². The number of nitrogens with one attached hydrogen (secondary N) is 2. The Balaban J connectivity index is 1.63. The number of amides is 3. The summed E-state index contributed by atoms with van der Waals surface area (Å²) < 4.78 is 46.0. The Bertz CT molecular complexity index is 1670. The fourth-order valence-corrected chi connectivity index (χ4v) is 6.83. The van der Waals surface area contributed by atoms with Crippen LogP contribution in [0.2, 0.25) is 0 Å². The predicted octanol–water partition coefficient (Wildman–Crippen LogP) is 5.36.